The molecule has 1 saturated carbocycles. The Balaban J connectivity index is 1.11. The molecule has 2 heteroatoms. The van der Waals surface area contributed by atoms with Gasteiger partial charge >= 0.3 is 0 Å². The summed E-state index contributed by atoms with van der Waals surface area (Å²) in [4.78, 5) is 4.79. The van der Waals surface area contributed by atoms with Crippen LogP contribution in [0.3, 0.4) is 0 Å². The zero-order valence-corrected chi connectivity index (χ0v) is 20.9. The molecule has 0 saturated heterocycles. The molecule has 1 aliphatic carbocycles. The van der Waals surface area contributed by atoms with Crippen LogP contribution < -0.4 is 0 Å². The van der Waals surface area contributed by atoms with E-state index in [-0.39, 0.29) is 5.82 Å². The Morgan fingerprint density at radius 3 is 1.47 bits per heavy atom. The van der Waals surface area contributed by atoms with Gasteiger partial charge < -0.3 is 0 Å². The van der Waals surface area contributed by atoms with E-state index in [2.05, 4.69) is 97.1 Å². The van der Waals surface area contributed by atoms with Gasteiger partial charge in [-0.1, -0.05) is 97.1 Å². The maximum atomic E-state index is 13.2. The highest BCUT2D eigenvalue weighted by molar-refractivity contribution is 5.88. The Morgan fingerprint density at radius 2 is 0.921 bits per heavy atom. The first-order chi connectivity index (χ1) is 18.7. The lowest BCUT2D eigenvalue weighted by Gasteiger charge is -2.09. The highest BCUT2D eigenvalue weighted by Crippen LogP contribution is 2.40. The molecule has 7 rings (SSSR count). The van der Waals surface area contributed by atoms with Crippen molar-refractivity contribution in [2.45, 2.75) is 18.8 Å². The third-order valence-corrected chi connectivity index (χ3v) is 7.59. The van der Waals surface area contributed by atoms with Crippen LogP contribution >= 0.6 is 0 Å². The van der Waals surface area contributed by atoms with Crippen molar-refractivity contribution in [1.82, 2.24) is 4.98 Å². The molecule has 1 heterocycles. The van der Waals surface area contributed by atoms with E-state index < -0.39 is 0 Å². The molecule has 1 fully saturated rings. The van der Waals surface area contributed by atoms with Crippen molar-refractivity contribution in [1.29, 1.82) is 0 Å². The predicted molar refractivity (Wildman–Crippen MR) is 155 cm³/mol. The molecular weight excluding hydrogens is 465 g/mol. The topological polar surface area (TPSA) is 12.9 Å². The lowest BCUT2D eigenvalue weighted by molar-refractivity contribution is 0.628. The minimum absolute atomic E-state index is 0.219. The van der Waals surface area contributed by atoms with E-state index in [1.807, 2.05) is 18.3 Å². The molecule has 0 aliphatic heterocycles. The van der Waals surface area contributed by atoms with Crippen molar-refractivity contribution in [2.24, 2.45) is 0 Å². The minimum atomic E-state index is -0.219. The molecule has 0 bridgehead atoms. The summed E-state index contributed by atoms with van der Waals surface area (Å²) in [5.41, 5.74) is 11.5. The normalized spacial score (nSPS) is 13.1. The summed E-state index contributed by atoms with van der Waals surface area (Å²) >= 11 is 0. The smallest absolute Gasteiger partial charge is 0.123 e. The Kier molecular flexibility index (Phi) is 5.59. The number of fused-ring (bicyclic) bond motifs is 1. The van der Waals surface area contributed by atoms with Gasteiger partial charge in [-0.05, 0) is 87.5 Å². The highest BCUT2D eigenvalue weighted by Gasteiger charge is 2.22. The third kappa shape index (κ3) is 4.50. The zero-order valence-electron chi connectivity index (χ0n) is 20.9. The van der Waals surface area contributed by atoms with Crippen molar-refractivity contribution in [3.8, 4) is 44.5 Å². The van der Waals surface area contributed by atoms with E-state index in [0.29, 0.717) is 0 Å². The second-order valence-electron chi connectivity index (χ2n) is 10.2. The van der Waals surface area contributed by atoms with E-state index >= 15 is 0 Å². The second kappa shape index (κ2) is 9.39. The minimum Gasteiger partial charge on any atom is -0.256 e. The number of hydrogen-bond donors (Lipinski definition) is 0. The van der Waals surface area contributed by atoms with Gasteiger partial charge in [-0.2, -0.15) is 0 Å². The molecule has 0 atom stereocenters. The fourth-order valence-corrected chi connectivity index (χ4v) is 5.18. The predicted octanol–water partition coefficient (Wildman–Crippen LogP) is 9.92. The van der Waals surface area contributed by atoms with Gasteiger partial charge in [-0.3, -0.25) is 4.98 Å². The standard InChI is InChI=1S/C36H26FN/c37-35-19-17-29(18-20-35)28-7-11-30(12-8-28)32-15-16-33-21-34(23-38-36(33)22-32)31-13-9-27(10-14-31)26-5-3-25(4-6-26)24-1-2-24/h3-24H,1-2H2. The molecule has 0 spiro atoms. The quantitative estimate of drug-likeness (QED) is 0.234. The number of rotatable bonds is 5. The van der Waals surface area contributed by atoms with Crippen LogP contribution in [0.15, 0.2) is 128 Å². The fraction of sp³-hybridized carbons (Fsp3) is 0.0833. The van der Waals surface area contributed by atoms with Crippen LogP contribution in [0, 0.1) is 5.82 Å². The van der Waals surface area contributed by atoms with Gasteiger partial charge in [0, 0.05) is 17.1 Å². The maximum Gasteiger partial charge on any atom is 0.123 e. The number of halogens is 1. The van der Waals surface area contributed by atoms with E-state index in [1.165, 1.54) is 47.2 Å². The van der Waals surface area contributed by atoms with Crippen molar-refractivity contribution in [3.63, 3.8) is 0 Å². The zero-order chi connectivity index (χ0) is 25.5. The SMILES string of the molecule is Fc1ccc(-c2ccc(-c3ccc4cc(-c5ccc(-c6ccc(C7CC7)cc6)cc5)cnc4c3)cc2)cc1. The highest BCUT2D eigenvalue weighted by atomic mass is 19.1. The van der Waals surface area contributed by atoms with Crippen LogP contribution in [0.2, 0.25) is 0 Å². The summed E-state index contributed by atoms with van der Waals surface area (Å²) in [5, 5.41) is 1.12. The first-order valence-corrected chi connectivity index (χ1v) is 13.2. The molecule has 5 aromatic carbocycles. The summed E-state index contributed by atoms with van der Waals surface area (Å²) in [6, 6.07) is 41.4. The van der Waals surface area contributed by atoms with Gasteiger partial charge in [0.15, 0.2) is 0 Å². The Morgan fingerprint density at radius 1 is 0.474 bits per heavy atom. The molecule has 1 aromatic heterocycles. The molecule has 0 radical (unpaired) electrons. The van der Waals surface area contributed by atoms with Crippen LogP contribution in [0.25, 0.3) is 55.4 Å². The lowest BCUT2D eigenvalue weighted by atomic mass is 9.97. The van der Waals surface area contributed by atoms with Gasteiger partial charge in [-0.25, -0.2) is 4.39 Å². The summed E-state index contributed by atoms with van der Waals surface area (Å²) in [5.74, 6) is 0.569. The van der Waals surface area contributed by atoms with Crippen LogP contribution in [0.1, 0.15) is 24.3 Å². The second-order valence-corrected chi connectivity index (χ2v) is 10.2. The van der Waals surface area contributed by atoms with Crippen LogP contribution in [-0.2, 0) is 0 Å². The molecule has 1 nitrogen and oxygen atoms in total. The Hall–Kier alpha value is -4.56. The largest absolute Gasteiger partial charge is 0.256 e. The van der Waals surface area contributed by atoms with Gasteiger partial charge in [0.1, 0.15) is 5.82 Å². The van der Waals surface area contributed by atoms with Crippen LogP contribution in [0.5, 0.6) is 0 Å². The third-order valence-electron chi connectivity index (χ3n) is 7.59. The number of aromatic nitrogens is 1. The van der Waals surface area contributed by atoms with Crippen LogP contribution in [-0.4, -0.2) is 4.98 Å². The molecule has 0 amide bonds. The van der Waals surface area contributed by atoms with Gasteiger partial charge in [0.2, 0.25) is 0 Å². The van der Waals surface area contributed by atoms with Gasteiger partial charge in [0.05, 0.1) is 5.52 Å². The van der Waals surface area contributed by atoms with Crippen molar-refractivity contribution < 1.29 is 4.39 Å². The Bertz CT molecular complexity index is 1730. The Labute approximate surface area is 222 Å². The van der Waals surface area contributed by atoms with E-state index in [0.717, 1.165) is 44.6 Å². The molecule has 1 aliphatic rings. The molecule has 6 aromatic rings. The van der Waals surface area contributed by atoms with E-state index in [9.17, 15) is 4.39 Å². The van der Waals surface area contributed by atoms with Gasteiger partial charge in [-0.15, -0.1) is 0 Å². The summed E-state index contributed by atoms with van der Waals surface area (Å²) in [6.45, 7) is 0. The average molecular weight is 492 g/mol. The van der Waals surface area contributed by atoms with E-state index in [1.54, 1.807) is 0 Å². The first kappa shape index (κ1) is 22.6. The molecule has 0 unspecified atom stereocenters. The van der Waals surface area contributed by atoms with Crippen LogP contribution in [0.4, 0.5) is 4.39 Å². The number of benzene rings is 5. The lowest BCUT2D eigenvalue weighted by Crippen LogP contribution is -1.86. The van der Waals surface area contributed by atoms with E-state index in [4.69, 9.17) is 4.98 Å². The van der Waals surface area contributed by atoms with Crippen molar-refractivity contribution >= 4 is 10.9 Å². The molecule has 38 heavy (non-hydrogen) atoms. The number of hydrogen-bond acceptors (Lipinski definition) is 1. The average Bonchev–Trinajstić information content (AvgIpc) is 3.83. The summed E-state index contributed by atoms with van der Waals surface area (Å²) < 4.78 is 13.2. The van der Waals surface area contributed by atoms with Crippen molar-refractivity contribution in [2.75, 3.05) is 0 Å². The number of nitrogens with zero attached hydrogens (tertiary/aromatic N) is 1. The molecule has 0 N–H and O–H groups in total. The summed E-state index contributed by atoms with van der Waals surface area (Å²) in [6.07, 6.45) is 4.63. The molecular formula is C36H26FN. The fourth-order valence-electron chi connectivity index (χ4n) is 5.18. The first-order valence-electron chi connectivity index (χ1n) is 13.2. The maximum absolute atomic E-state index is 13.2. The van der Waals surface area contributed by atoms with Crippen molar-refractivity contribution in [3.05, 3.63) is 139 Å². The molecule has 182 valence electrons. The van der Waals surface area contributed by atoms with Gasteiger partial charge in [0.25, 0.3) is 0 Å². The number of pyridine rings is 1. The monoisotopic (exact) mass is 491 g/mol. The summed E-state index contributed by atoms with van der Waals surface area (Å²) in [7, 11) is 0.